The Balaban J connectivity index is 1.90. The molecule has 5 nitrogen and oxygen atoms in total. The van der Waals surface area contributed by atoms with Crippen LogP contribution in [0.25, 0.3) is 11.3 Å². The van der Waals surface area contributed by atoms with E-state index in [0.29, 0.717) is 28.5 Å². The van der Waals surface area contributed by atoms with Gasteiger partial charge in [-0.3, -0.25) is 9.89 Å². The molecular weight excluding hydrogens is 406 g/mol. The van der Waals surface area contributed by atoms with Crippen molar-refractivity contribution in [3.63, 3.8) is 0 Å². The Morgan fingerprint density at radius 1 is 1.28 bits per heavy atom. The Morgan fingerprint density at radius 3 is 2.66 bits per heavy atom. The number of nitrogens with one attached hydrogen (secondary N) is 1. The maximum Gasteiger partial charge on any atom is 0.273 e. The molecule has 1 aliphatic heterocycles. The van der Waals surface area contributed by atoms with Gasteiger partial charge in [-0.2, -0.15) is 5.10 Å². The van der Waals surface area contributed by atoms with Crippen molar-refractivity contribution in [1.29, 1.82) is 0 Å². The summed E-state index contributed by atoms with van der Waals surface area (Å²) in [5.74, 6) is 0.0244. The maximum atomic E-state index is 13.1. The molecule has 2 aromatic carbocycles. The first-order valence-corrected chi connectivity index (χ1v) is 11.1. The number of nitrogens with zero attached hydrogens (tertiary/aromatic N) is 2. The number of phenols is 1. The minimum atomic E-state index is -0.262. The van der Waals surface area contributed by atoms with Crippen LogP contribution in [0.1, 0.15) is 46.6 Å². The summed E-state index contributed by atoms with van der Waals surface area (Å²) in [6.07, 6.45) is 2.88. The molecule has 0 aliphatic carbocycles. The Bertz CT molecular complexity index is 1080. The molecule has 1 amide bonds. The zero-order valence-corrected chi connectivity index (χ0v) is 18.1. The van der Waals surface area contributed by atoms with Gasteiger partial charge in [0.25, 0.3) is 5.91 Å². The number of aromatic amines is 1. The Morgan fingerprint density at radius 2 is 2.00 bits per heavy atom. The molecule has 29 heavy (non-hydrogen) atoms. The number of benzene rings is 2. The third kappa shape index (κ3) is 3.30. The topological polar surface area (TPSA) is 69.2 Å². The van der Waals surface area contributed by atoms with Crippen LogP contribution in [0.15, 0.2) is 41.3 Å². The van der Waals surface area contributed by atoms with Gasteiger partial charge in [-0.05, 0) is 55.0 Å². The van der Waals surface area contributed by atoms with Crippen LogP contribution < -0.4 is 0 Å². The number of aromatic nitrogens is 2. The van der Waals surface area contributed by atoms with Crippen LogP contribution in [0.4, 0.5) is 0 Å². The number of H-pyrrole nitrogens is 1. The van der Waals surface area contributed by atoms with Crippen LogP contribution >= 0.6 is 23.4 Å². The highest BCUT2D eigenvalue weighted by molar-refractivity contribution is 7.98. The van der Waals surface area contributed by atoms with E-state index in [-0.39, 0.29) is 17.7 Å². The highest BCUT2D eigenvalue weighted by Gasteiger charge is 2.42. The fraction of sp³-hybridized carbons (Fsp3) is 0.273. The van der Waals surface area contributed by atoms with E-state index in [1.54, 1.807) is 23.9 Å². The average Bonchev–Trinajstić information content (AvgIpc) is 3.25. The average molecular weight is 428 g/mol. The molecule has 7 heteroatoms. The first-order valence-electron chi connectivity index (χ1n) is 9.48. The van der Waals surface area contributed by atoms with Crippen molar-refractivity contribution in [2.75, 3.05) is 12.8 Å². The van der Waals surface area contributed by atoms with Crippen molar-refractivity contribution in [1.82, 2.24) is 15.1 Å². The Labute approximate surface area is 179 Å². The maximum absolute atomic E-state index is 13.1. The molecule has 0 saturated heterocycles. The standard InChI is InChI=1S/C22H22ClN3O2S/c1-4-9-26-21(13-5-7-14(29-3)8-6-13)18-19(24-25-20(18)22(26)28)15-11-16(23)12(2)10-17(15)27/h5-8,10-11,21,27H,4,9H2,1-3H3,(H,24,25). The molecule has 0 spiro atoms. The second-order valence-corrected chi connectivity index (χ2v) is 8.44. The zero-order chi connectivity index (χ0) is 20.7. The summed E-state index contributed by atoms with van der Waals surface area (Å²) in [6.45, 7) is 4.53. The van der Waals surface area contributed by atoms with E-state index in [9.17, 15) is 9.90 Å². The molecule has 150 valence electrons. The largest absolute Gasteiger partial charge is 0.507 e. The normalized spacial score (nSPS) is 15.8. The first kappa shape index (κ1) is 19.9. The monoisotopic (exact) mass is 427 g/mol. The van der Waals surface area contributed by atoms with E-state index in [1.807, 2.05) is 18.1 Å². The SMILES string of the molecule is CCCN1C(=O)c2[nH]nc(-c3cc(Cl)c(C)cc3O)c2C1c1ccc(SC)cc1. The number of phenolic OH excluding ortho intramolecular Hbond substituents is 1. The number of aryl methyl sites for hydroxylation is 1. The van der Waals surface area contributed by atoms with Gasteiger partial charge in [-0.15, -0.1) is 11.8 Å². The van der Waals surface area contributed by atoms with Gasteiger partial charge >= 0.3 is 0 Å². The first-order chi connectivity index (χ1) is 14.0. The number of carbonyl (C=O) groups excluding carboxylic acids is 1. The quantitative estimate of drug-likeness (QED) is 0.533. The smallest absolute Gasteiger partial charge is 0.273 e. The summed E-state index contributed by atoms with van der Waals surface area (Å²) in [4.78, 5) is 16.1. The van der Waals surface area contributed by atoms with E-state index < -0.39 is 0 Å². The van der Waals surface area contributed by atoms with Gasteiger partial charge in [0.15, 0.2) is 0 Å². The third-order valence-electron chi connectivity index (χ3n) is 5.29. The lowest BCUT2D eigenvalue weighted by Gasteiger charge is -2.26. The molecule has 1 aromatic heterocycles. The van der Waals surface area contributed by atoms with Gasteiger partial charge in [-0.25, -0.2) is 0 Å². The molecule has 0 radical (unpaired) electrons. The van der Waals surface area contributed by atoms with Crippen molar-refractivity contribution in [2.45, 2.75) is 31.2 Å². The van der Waals surface area contributed by atoms with Crippen molar-refractivity contribution in [3.8, 4) is 17.0 Å². The van der Waals surface area contributed by atoms with Crippen LogP contribution in [0.3, 0.4) is 0 Å². The molecule has 0 fully saturated rings. The number of amides is 1. The molecule has 2 heterocycles. The van der Waals surface area contributed by atoms with Crippen LogP contribution in [0.2, 0.25) is 5.02 Å². The molecule has 0 saturated carbocycles. The lowest BCUT2D eigenvalue weighted by molar-refractivity contribution is 0.0744. The lowest BCUT2D eigenvalue weighted by atomic mass is 9.95. The van der Waals surface area contributed by atoms with Crippen LogP contribution in [0.5, 0.6) is 5.75 Å². The van der Waals surface area contributed by atoms with Crippen molar-refractivity contribution < 1.29 is 9.90 Å². The molecular formula is C22H22ClN3O2S. The second kappa shape index (κ2) is 7.76. The van der Waals surface area contributed by atoms with Gasteiger partial charge in [0, 0.05) is 27.6 Å². The molecule has 1 aliphatic rings. The van der Waals surface area contributed by atoms with Crippen LogP contribution in [-0.2, 0) is 0 Å². The number of carbonyl (C=O) groups is 1. The van der Waals surface area contributed by atoms with Gasteiger partial charge in [0.2, 0.25) is 0 Å². The molecule has 1 unspecified atom stereocenters. The van der Waals surface area contributed by atoms with Crippen molar-refractivity contribution in [3.05, 3.63) is 63.8 Å². The second-order valence-electron chi connectivity index (χ2n) is 7.15. The molecule has 0 bridgehead atoms. The molecule has 2 N–H and O–H groups in total. The van der Waals surface area contributed by atoms with E-state index in [2.05, 4.69) is 41.4 Å². The van der Waals surface area contributed by atoms with E-state index in [4.69, 9.17) is 11.6 Å². The van der Waals surface area contributed by atoms with Crippen LogP contribution in [0, 0.1) is 6.92 Å². The van der Waals surface area contributed by atoms with Gasteiger partial charge < -0.3 is 10.0 Å². The molecule has 1 atom stereocenters. The summed E-state index contributed by atoms with van der Waals surface area (Å²) in [7, 11) is 0. The van der Waals surface area contributed by atoms with Gasteiger partial charge in [0.05, 0.1) is 6.04 Å². The van der Waals surface area contributed by atoms with E-state index in [0.717, 1.165) is 28.0 Å². The number of aromatic hydroxyl groups is 1. The minimum Gasteiger partial charge on any atom is -0.507 e. The lowest BCUT2D eigenvalue weighted by Crippen LogP contribution is -2.30. The predicted molar refractivity (Wildman–Crippen MR) is 117 cm³/mol. The fourth-order valence-corrected chi connectivity index (χ4v) is 4.43. The van der Waals surface area contributed by atoms with E-state index >= 15 is 0 Å². The number of thioether (sulfide) groups is 1. The number of hydrogen-bond donors (Lipinski definition) is 2. The Hall–Kier alpha value is -2.44. The highest BCUT2D eigenvalue weighted by Crippen LogP contribution is 2.45. The minimum absolute atomic E-state index is 0.0720. The third-order valence-corrected chi connectivity index (χ3v) is 6.44. The predicted octanol–water partition coefficient (Wildman–Crippen LogP) is 5.42. The summed E-state index contributed by atoms with van der Waals surface area (Å²) in [5, 5.41) is 18.4. The summed E-state index contributed by atoms with van der Waals surface area (Å²) < 4.78 is 0. The van der Waals surface area contributed by atoms with Gasteiger partial charge in [0.1, 0.15) is 17.1 Å². The fourth-order valence-electron chi connectivity index (χ4n) is 3.86. The summed E-state index contributed by atoms with van der Waals surface area (Å²) >= 11 is 8.00. The summed E-state index contributed by atoms with van der Waals surface area (Å²) in [5.41, 5.74) is 4.15. The van der Waals surface area contributed by atoms with Crippen molar-refractivity contribution >= 4 is 29.3 Å². The van der Waals surface area contributed by atoms with Crippen molar-refractivity contribution in [2.24, 2.45) is 0 Å². The number of rotatable bonds is 5. The number of fused-ring (bicyclic) bond motifs is 1. The zero-order valence-electron chi connectivity index (χ0n) is 16.5. The Kier molecular flexibility index (Phi) is 5.32. The highest BCUT2D eigenvalue weighted by atomic mass is 35.5. The number of halogens is 1. The summed E-state index contributed by atoms with van der Waals surface area (Å²) in [6, 6.07) is 11.3. The number of hydrogen-bond acceptors (Lipinski definition) is 4. The molecule has 3 aromatic rings. The van der Waals surface area contributed by atoms with Gasteiger partial charge in [-0.1, -0.05) is 30.7 Å². The molecule has 4 rings (SSSR count). The van der Waals surface area contributed by atoms with E-state index in [1.165, 1.54) is 0 Å². The van der Waals surface area contributed by atoms with Crippen LogP contribution in [-0.4, -0.2) is 38.9 Å².